The second-order valence-corrected chi connectivity index (χ2v) is 11.3. The molecular formula is C32H41N5O3. The van der Waals surface area contributed by atoms with Crippen LogP contribution in [0.15, 0.2) is 60.9 Å². The lowest BCUT2D eigenvalue weighted by atomic mass is 9.73. The molecule has 40 heavy (non-hydrogen) atoms. The van der Waals surface area contributed by atoms with Gasteiger partial charge in [-0.15, -0.1) is 0 Å². The summed E-state index contributed by atoms with van der Waals surface area (Å²) in [6.45, 7) is 7.11. The van der Waals surface area contributed by atoms with Gasteiger partial charge in [0, 0.05) is 18.3 Å². The Kier molecular flexibility index (Phi) is 8.85. The third kappa shape index (κ3) is 6.73. The van der Waals surface area contributed by atoms with Gasteiger partial charge in [0.1, 0.15) is 18.4 Å². The number of carbonyl (C=O) groups is 2. The van der Waals surface area contributed by atoms with Gasteiger partial charge in [-0.3, -0.25) is 14.5 Å². The van der Waals surface area contributed by atoms with Gasteiger partial charge in [-0.25, -0.2) is 4.68 Å². The Morgan fingerprint density at radius 3 is 2.60 bits per heavy atom. The smallest absolute Gasteiger partial charge is 0.242 e. The highest BCUT2D eigenvalue weighted by atomic mass is 16.5. The molecule has 212 valence electrons. The molecule has 0 aliphatic carbocycles. The quantitative estimate of drug-likeness (QED) is 0.517. The molecule has 3 heterocycles. The van der Waals surface area contributed by atoms with Crippen LogP contribution in [0, 0.1) is 12.3 Å². The summed E-state index contributed by atoms with van der Waals surface area (Å²) in [6.07, 6.45) is 9.24. The zero-order chi connectivity index (χ0) is 28.0. The van der Waals surface area contributed by atoms with E-state index in [0.717, 1.165) is 75.2 Å². The van der Waals surface area contributed by atoms with Crippen LogP contribution in [0.1, 0.15) is 55.7 Å². The zero-order valence-corrected chi connectivity index (χ0v) is 23.7. The van der Waals surface area contributed by atoms with Gasteiger partial charge in [0.2, 0.25) is 11.8 Å². The van der Waals surface area contributed by atoms with E-state index in [9.17, 15) is 9.59 Å². The van der Waals surface area contributed by atoms with Crippen LogP contribution < -0.4 is 15.4 Å². The topological polar surface area (TPSA) is 88.5 Å². The number of nitrogens with one attached hydrogen (secondary N) is 2. The molecule has 3 aromatic rings. The van der Waals surface area contributed by atoms with Crippen molar-refractivity contribution in [1.29, 1.82) is 0 Å². The van der Waals surface area contributed by atoms with E-state index in [2.05, 4.69) is 64.1 Å². The average molecular weight is 544 g/mol. The van der Waals surface area contributed by atoms with Crippen molar-refractivity contribution >= 4 is 11.8 Å². The molecule has 0 unspecified atom stereocenters. The van der Waals surface area contributed by atoms with Gasteiger partial charge in [0.15, 0.2) is 0 Å². The number of rotatable bonds is 3. The SMILES string of the molecule is Cc1ccc(-n2cc(CN3CCC4(CCCCc5ccccc5OCCNC(=O)[C@H](C)NC4=O)CC3)cn2)cc1. The van der Waals surface area contributed by atoms with Crippen molar-refractivity contribution in [2.75, 3.05) is 26.2 Å². The summed E-state index contributed by atoms with van der Waals surface area (Å²) in [5, 5.41) is 10.5. The predicted octanol–water partition coefficient (Wildman–Crippen LogP) is 4.19. The summed E-state index contributed by atoms with van der Waals surface area (Å²) < 4.78 is 7.88. The van der Waals surface area contributed by atoms with E-state index in [0.29, 0.717) is 13.2 Å². The number of amides is 2. The van der Waals surface area contributed by atoms with E-state index in [1.54, 1.807) is 6.92 Å². The highest BCUT2D eigenvalue weighted by molar-refractivity contribution is 5.90. The highest BCUT2D eigenvalue weighted by Gasteiger charge is 2.41. The number of hydrogen-bond donors (Lipinski definition) is 2. The minimum Gasteiger partial charge on any atom is -0.491 e. The van der Waals surface area contributed by atoms with Crippen molar-refractivity contribution < 1.29 is 14.3 Å². The Bertz CT molecular complexity index is 1290. The van der Waals surface area contributed by atoms with Crippen LogP contribution in [0.5, 0.6) is 5.75 Å². The normalized spacial score (nSPS) is 20.9. The highest BCUT2D eigenvalue weighted by Crippen LogP contribution is 2.38. The maximum Gasteiger partial charge on any atom is 0.242 e. The second-order valence-electron chi connectivity index (χ2n) is 11.3. The van der Waals surface area contributed by atoms with Gasteiger partial charge >= 0.3 is 0 Å². The fourth-order valence-corrected chi connectivity index (χ4v) is 5.80. The summed E-state index contributed by atoms with van der Waals surface area (Å²) in [5.41, 5.74) is 4.15. The number of hydrogen-bond acceptors (Lipinski definition) is 5. The van der Waals surface area contributed by atoms with E-state index < -0.39 is 11.5 Å². The molecule has 2 N–H and O–H groups in total. The maximum absolute atomic E-state index is 13.7. The molecule has 2 aliphatic heterocycles. The second kappa shape index (κ2) is 12.7. The van der Waals surface area contributed by atoms with Gasteiger partial charge < -0.3 is 15.4 Å². The fraction of sp³-hybridized carbons (Fsp3) is 0.469. The number of benzene rings is 2. The van der Waals surface area contributed by atoms with Crippen LogP contribution in [0.4, 0.5) is 0 Å². The molecule has 0 saturated carbocycles. The van der Waals surface area contributed by atoms with Crippen molar-refractivity contribution in [2.24, 2.45) is 5.41 Å². The number of carbonyl (C=O) groups excluding carboxylic acids is 2. The molecule has 1 spiro atoms. The van der Waals surface area contributed by atoms with Crippen LogP contribution in [-0.4, -0.2) is 58.8 Å². The lowest BCUT2D eigenvalue weighted by Gasteiger charge is -2.41. The first-order chi connectivity index (χ1) is 19.4. The maximum atomic E-state index is 13.7. The predicted molar refractivity (Wildman–Crippen MR) is 155 cm³/mol. The van der Waals surface area contributed by atoms with E-state index in [1.165, 1.54) is 11.1 Å². The summed E-state index contributed by atoms with van der Waals surface area (Å²) in [4.78, 5) is 28.8. The monoisotopic (exact) mass is 543 g/mol. The summed E-state index contributed by atoms with van der Waals surface area (Å²) in [7, 11) is 0. The molecule has 1 fully saturated rings. The van der Waals surface area contributed by atoms with E-state index in [-0.39, 0.29) is 11.8 Å². The number of aromatic nitrogens is 2. The van der Waals surface area contributed by atoms with Gasteiger partial charge in [-0.05, 0) is 82.8 Å². The van der Waals surface area contributed by atoms with Gasteiger partial charge in [-0.2, -0.15) is 5.10 Å². The molecule has 2 amide bonds. The zero-order valence-electron chi connectivity index (χ0n) is 23.7. The Balaban J connectivity index is 1.24. The minimum absolute atomic E-state index is 0.00788. The molecule has 2 aliphatic rings. The molecule has 2 aromatic carbocycles. The van der Waals surface area contributed by atoms with Crippen LogP contribution >= 0.6 is 0 Å². The Hall–Kier alpha value is -3.65. The molecule has 0 radical (unpaired) electrons. The van der Waals surface area contributed by atoms with Gasteiger partial charge in [0.05, 0.1) is 23.8 Å². The molecule has 8 nitrogen and oxygen atoms in total. The lowest BCUT2D eigenvalue weighted by molar-refractivity contribution is -0.138. The standard InChI is InChI=1S/C32H41N5O3/c1-24-10-12-28(13-11-24)37-23-26(21-34-37)22-36-18-15-32(16-19-36)14-6-5-8-27-7-3-4-9-29(27)40-20-17-33-30(38)25(2)35-31(32)39/h3-4,7,9-13,21,23,25H,5-6,8,14-20,22H2,1-2H3,(H,33,38)(H,35,39)/t25-/m0/s1. The molecular weight excluding hydrogens is 502 g/mol. The van der Waals surface area contributed by atoms with E-state index in [4.69, 9.17) is 4.74 Å². The average Bonchev–Trinajstić information content (AvgIpc) is 3.43. The Morgan fingerprint density at radius 2 is 1.80 bits per heavy atom. The largest absolute Gasteiger partial charge is 0.491 e. The number of likely N-dealkylation sites (tertiary alicyclic amines) is 1. The molecule has 1 aromatic heterocycles. The summed E-state index contributed by atoms with van der Waals surface area (Å²) in [6, 6.07) is 15.9. The summed E-state index contributed by atoms with van der Waals surface area (Å²) >= 11 is 0. The van der Waals surface area contributed by atoms with Crippen LogP contribution in [0.2, 0.25) is 0 Å². The van der Waals surface area contributed by atoms with Crippen LogP contribution in [-0.2, 0) is 22.6 Å². The van der Waals surface area contributed by atoms with Gasteiger partial charge in [-0.1, -0.05) is 42.3 Å². The molecule has 0 bridgehead atoms. The first-order valence-corrected chi connectivity index (χ1v) is 14.5. The van der Waals surface area contributed by atoms with Crippen molar-refractivity contribution in [3.63, 3.8) is 0 Å². The van der Waals surface area contributed by atoms with Gasteiger partial charge in [0.25, 0.3) is 0 Å². The number of aryl methyl sites for hydroxylation is 2. The first-order valence-electron chi connectivity index (χ1n) is 14.5. The lowest BCUT2D eigenvalue weighted by Crippen LogP contribution is -2.53. The number of para-hydroxylation sites is 1. The van der Waals surface area contributed by atoms with Crippen molar-refractivity contribution in [3.05, 3.63) is 77.6 Å². The fourth-order valence-electron chi connectivity index (χ4n) is 5.80. The Labute approximate surface area is 237 Å². The van der Waals surface area contributed by atoms with Crippen LogP contribution in [0.25, 0.3) is 5.69 Å². The third-order valence-corrected chi connectivity index (χ3v) is 8.36. The Morgan fingerprint density at radius 1 is 1.02 bits per heavy atom. The van der Waals surface area contributed by atoms with Crippen molar-refractivity contribution in [1.82, 2.24) is 25.3 Å². The number of nitrogens with zero attached hydrogens (tertiary/aromatic N) is 3. The van der Waals surface area contributed by atoms with Crippen molar-refractivity contribution in [2.45, 2.75) is 65.0 Å². The minimum atomic E-state index is -0.590. The van der Waals surface area contributed by atoms with E-state index >= 15 is 0 Å². The third-order valence-electron chi connectivity index (χ3n) is 8.36. The molecule has 1 saturated heterocycles. The van der Waals surface area contributed by atoms with E-state index in [1.807, 2.05) is 29.1 Å². The first kappa shape index (κ1) is 27.9. The molecule has 1 atom stereocenters. The van der Waals surface area contributed by atoms with Crippen molar-refractivity contribution in [3.8, 4) is 11.4 Å². The molecule has 8 heteroatoms. The number of piperidine rings is 1. The summed E-state index contributed by atoms with van der Waals surface area (Å²) in [5.74, 6) is 0.703. The number of fused-ring (bicyclic) bond motifs is 1. The van der Waals surface area contributed by atoms with Crippen LogP contribution in [0.3, 0.4) is 0 Å². The number of ether oxygens (including phenoxy) is 1. The molecule has 5 rings (SSSR count).